The van der Waals surface area contributed by atoms with Gasteiger partial charge in [0.25, 0.3) is 10.0 Å². The first-order valence-corrected chi connectivity index (χ1v) is 9.38. The van der Waals surface area contributed by atoms with Crippen LogP contribution in [-0.2, 0) is 16.4 Å². The van der Waals surface area contributed by atoms with Gasteiger partial charge in [-0.25, -0.2) is 12.8 Å². The summed E-state index contributed by atoms with van der Waals surface area (Å²) in [6.07, 6.45) is 3.29. The predicted octanol–water partition coefficient (Wildman–Crippen LogP) is 4.07. The van der Waals surface area contributed by atoms with Gasteiger partial charge in [-0.15, -0.1) is 0 Å². The van der Waals surface area contributed by atoms with E-state index in [1.54, 1.807) is 36.5 Å². The lowest BCUT2D eigenvalue weighted by atomic mass is 10.1. The summed E-state index contributed by atoms with van der Waals surface area (Å²) < 4.78 is 41.5. The van der Waals surface area contributed by atoms with Gasteiger partial charge in [0.05, 0.1) is 17.3 Å². The zero-order valence-electron chi connectivity index (χ0n) is 13.3. The van der Waals surface area contributed by atoms with Crippen LogP contribution >= 0.6 is 11.6 Å². The van der Waals surface area contributed by atoms with E-state index >= 15 is 0 Å². The summed E-state index contributed by atoms with van der Waals surface area (Å²) in [7, 11) is -4.00. The van der Waals surface area contributed by atoms with Gasteiger partial charge in [-0.2, -0.15) is 5.26 Å². The normalized spacial score (nSPS) is 11.1. The van der Waals surface area contributed by atoms with E-state index in [4.69, 9.17) is 16.9 Å². The predicted molar refractivity (Wildman–Crippen MR) is 97.0 cm³/mol. The number of sulfonamides is 1. The zero-order valence-corrected chi connectivity index (χ0v) is 14.9. The molecule has 8 heteroatoms. The lowest BCUT2D eigenvalue weighted by Crippen LogP contribution is -2.15. The number of hydrogen-bond acceptors (Lipinski definition) is 3. The van der Waals surface area contributed by atoms with Crippen molar-refractivity contribution in [3.63, 3.8) is 0 Å². The van der Waals surface area contributed by atoms with Crippen molar-refractivity contribution >= 4 is 27.3 Å². The lowest BCUT2D eigenvalue weighted by molar-refractivity contribution is 0.598. The van der Waals surface area contributed by atoms with Crippen LogP contribution in [0.3, 0.4) is 0 Å². The van der Waals surface area contributed by atoms with Gasteiger partial charge in [-0.05, 0) is 41.5 Å². The second kappa shape index (κ2) is 7.20. The van der Waals surface area contributed by atoms with Crippen molar-refractivity contribution in [2.24, 2.45) is 0 Å². The quantitative estimate of drug-likeness (QED) is 0.689. The molecule has 0 aliphatic carbocycles. The Balaban J connectivity index is 1.88. The third-order valence-corrected chi connectivity index (χ3v) is 5.43. The van der Waals surface area contributed by atoms with Crippen molar-refractivity contribution < 1.29 is 12.8 Å². The van der Waals surface area contributed by atoms with Crippen molar-refractivity contribution in [2.75, 3.05) is 4.72 Å². The molecule has 0 aliphatic heterocycles. The number of H-pyrrole nitrogens is 1. The van der Waals surface area contributed by atoms with Crippen LogP contribution in [0.2, 0.25) is 5.02 Å². The minimum Gasteiger partial charge on any atom is -0.366 e. The average molecular weight is 390 g/mol. The molecule has 0 atom stereocenters. The molecule has 0 saturated heterocycles. The Morgan fingerprint density at radius 2 is 1.88 bits per heavy atom. The Bertz CT molecular complexity index is 1090. The van der Waals surface area contributed by atoms with Gasteiger partial charge in [0, 0.05) is 23.8 Å². The number of nitrogens with zero attached hydrogens (tertiary/aromatic N) is 1. The monoisotopic (exact) mass is 389 g/mol. The molecule has 5 nitrogen and oxygen atoms in total. The molecule has 1 heterocycles. The molecule has 2 N–H and O–H groups in total. The van der Waals surface area contributed by atoms with Gasteiger partial charge in [-0.3, -0.25) is 4.72 Å². The molecular formula is C18H13ClFN3O2S. The van der Waals surface area contributed by atoms with E-state index in [1.165, 1.54) is 18.3 Å². The highest BCUT2D eigenvalue weighted by molar-refractivity contribution is 7.92. The molecule has 0 bridgehead atoms. The standard InChI is InChI=1S/C18H13ClFN3O2S/c19-15-4-1-12(2-5-15)7-14-10-22-11-18(14)26(24,25)23-17-6-3-13(9-21)8-16(17)20/h1-6,8,10-11,22-23H,7H2. The van der Waals surface area contributed by atoms with E-state index in [0.29, 0.717) is 17.0 Å². The first-order chi connectivity index (χ1) is 12.4. The fourth-order valence-electron chi connectivity index (χ4n) is 2.46. The molecule has 3 aromatic rings. The fraction of sp³-hybridized carbons (Fsp3) is 0.0556. The highest BCUT2D eigenvalue weighted by Gasteiger charge is 2.21. The molecule has 0 spiro atoms. The topological polar surface area (TPSA) is 85.8 Å². The SMILES string of the molecule is N#Cc1ccc(NS(=O)(=O)c2c[nH]cc2Cc2ccc(Cl)cc2)c(F)c1. The molecule has 26 heavy (non-hydrogen) atoms. The molecule has 0 fully saturated rings. The summed E-state index contributed by atoms with van der Waals surface area (Å²) >= 11 is 5.86. The maximum Gasteiger partial charge on any atom is 0.263 e. The molecule has 0 saturated carbocycles. The van der Waals surface area contributed by atoms with E-state index in [9.17, 15) is 12.8 Å². The van der Waals surface area contributed by atoms with Crippen LogP contribution in [0.15, 0.2) is 59.8 Å². The lowest BCUT2D eigenvalue weighted by Gasteiger charge is -2.10. The van der Waals surface area contributed by atoms with Crippen LogP contribution in [-0.4, -0.2) is 13.4 Å². The number of aromatic amines is 1. The zero-order chi connectivity index (χ0) is 18.7. The van der Waals surface area contributed by atoms with Crippen LogP contribution in [0.4, 0.5) is 10.1 Å². The van der Waals surface area contributed by atoms with Gasteiger partial charge >= 0.3 is 0 Å². The number of nitriles is 1. The molecule has 0 amide bonds. The maximum atomic E-state index is 14.0. The highest BCUT2D eigenvalue weighted by Crippen LogP contribution is 2.24. The van der Waals surface area contributed by atoms with E-state index in [-0.39, 0.29) is 16.1 Å². The summed E-state index contributed by atoms with van der Waals surface area (Å²) in [5.74, 6) is -0.817. The number of anilines is 1. The number of aromatic nitrogens is 1. The molecule has 0 unspecified atom stereocenters. The summed E-state index contributed by atoms with van der Waals surface area (Å²) in [5.41, 5.74) is 1.31. The van der Waals surface area contributed by atoms with E-state index in [1.807, 2.05) is 0 Å². The smallest absolute Gasteiger partial charge is 0.263 e. The van der Waals surface area contributed by atoms with Crippen LogP contribution in [0.1, 0.15) is 16.7 Å². The summed E-state index contributed by atoms with van der Waals surface area (Å²) in [6.45, 7) is 0. The second-order valence-electron chi connectivity index (χ2n) is 5.56. The Morgan fingerprint density at radius 1 is 1.15 bits per heavy atom. The summed E-state index contributed by atoms with van der Waals surface area (Å²) in [5, 5.41) is 9.35. The Morgan fingerprint density at radius 3 is 2.54 bits per heavy atom. The van der Waals surface area contributed by atoms with E-state index in [0.717, 1.165) is 11.6 Å². The number of hydrogen-bond donors (Lipinski definition) is 2. The molecule has 1 aromatic heterocycles. The van der Waals surface area contributed by atoms with Crippen molar-refractivity contribution in [1.29, 1.82) is 5.26 Å². The summed E-state index contributed by atoms with van der Waals surface area (Å²) in [6, 6.07) is 12.4. The largest absolute Gasteiger partial charge is 0.366 e. The number of benzene rings is 2. The van der Waals surface area contributed by atoms with Crippen LogP contribution in [0.5, 0.6) is 0 Å². The third-order valence-electron chi connectivity index (χ3n) is 3.73. The van der Waals surface area contributed by atoms with E-state index < -0.39 is 15.8 Å². The van der Waals surface area contributed by atoms with Gasteiger partial charge in [0.1, 0.15) is 10.7 Å². The fourth-order valence-corrected chi connectivity index (χ4v) is 3.85. The van der Waals surface area contributed by atoms with Gasteiger partial charge in [0.2, 0.25) is 0 Å². The Labute approximate surface area is 155 Å². The van der Waals surface area contributed by atoms with Crippen molar-refractivity contribution in [2.45, 2.75) is 11.3 Å². The molecule has 0 radical (unpaired) electrons. The van der Waals surface area contributed by atoms with Crippen LogP contribution < -0.4 is 4.72 Å². The minimum absolute atomic E-state index is 0.0243. The highest BCUT2D eigenvalue weighted by atomic mass is 35.5. The number of halogens is 2. The van der Waals surface area contributed by atoms with Crippen LogP contribution in [0.25, 0.3) is 0 Å². The first kappa shape index (κ1) is 18.0. The van der Waals surface area contributed by atoms with Gasteiger partial charge < -0.3 is 4.98 Å². The van der Waals surface area contributed by atoms with Crippen molar-refractivity contribution in [3.8, 4) is 6.07 Å². The third kappa shape index (κ3) is 3.87. The second-order valence-corrected chi connectivity index (χ2v) is 7.65. The van der Waals surface area contributed by atoms with Crippen LogP contribution in [0, 0.1) is 17.1 Å². The van der Waals surface area contributed by atoms with Crippen molar-refractivity contribution in [3.05, 3.63) is 82.4 Å². The first-order valence-electron chi connectivity index (χ1n) is 7.51. The molecule has 132 valence electrons. The molecule has 0 aliphatic rings. The molecule has 2 aromatic carbocycles. The molecular weight excluding hydrogens is 377 g/mol. The number of rotatable bonds is 5. The van der Waals surface area contributed by atoms with E-state index in [2.05, 4.69) is 9.71 Å². The maximum absolute atomic E-state index is 14.0. The van der Waals surface area contributed by atoms with Gasteiger partial charge in [-0.1, -0.05) is 23.7 Å². The van der Waals surface area contributed by atoms with Crippen molar-refractivity contribution in [1.82, 2.24) is 4.98 Å². The average Bonchev–Trinajstić information content (AvgIpc) is 3.08. The Hall–Kier alpha value is -2.82. The summed E-state index contributed by atoms with van der Waals surface area (Å²) in [4.78, 5) is 2.80. The van der Waals surface area contributed by atoms with Gasteiger partial charge in [0.15, 0.2) is 0 Å². The minimum atomic E-state index is -4.00. The number of nitrogens with one attached hydrogen (secondary N) is 2. The molecule has 3 rings (SSSR count). The Kier molecular flexibility index (Phi) is 4.98.